The molecule has 0 heterocycles. The highest BCUT2D eigenvalue weighted by Crippen LogP contribution is 2.08. The zero-order valence-electron chi connectivity index (χ0n) is 9.14. The third-order valence-corrected chi connectivity index (χ3v) is 1.95. The monoisotopic (exact) mass is 182 g/mol. The molecule has 0 bridgehead atoms. The molecule has 0 amide bonds. The van der Waals surface area contributed by atoms with E-state index in [0.29, 0.717) is 6.61 Å². The Hall–Kier alpha value is -0.560. The van der Waals surface area contributed by atoms with Crippen LogP contribution < -0.4 is 0 Å². The second-order valence-corrected chi connectivity index (χ2v) is 3.74. The minimum atomic E-state index is 0.303. The molecule has 0 atom stereocenters. The topological polar surface area (TPSA) is 20.2 Å². The molecule has 0 aromatic carbocycles. The van der Waals surface area contributed by atoms with Gasteiger partial charge in [0.1, 0.15) is 0 Å². The Balaban J connectivity index is 3.55. The third kappa shape index (κ3) is 9.35. The molecule has 0 aromatic rings. The van der Waals surface area contributed by atoms with Crippen molar-refractivity contribution < 1.29 is 5.11 Å². The van der Waals surface area contributed by atoms with Crippen molar-refractivity contribution in [2.75, 3.05) is 6.61 Å². The molecule has 0 aliphatic heterocycles. The van der Waals surface area contributed by atoms with E-state index in [-0.39, 0.29) is 0 Å². The SMILES string of the molecule is CC(C)=CCC/C(C)=C\CCCO. The lowest BCUT2D eigenvalue weighted by molar-refractivity contribution is 0.289. The van der Waals surface area contributed by atoms with E-state index in [9.17, 15) is 0 Å². The Morgan fingerprint density at radius 3 is 2.31 bits per heavy atom. The second-order valence-electron chi connectivity index (χ2n) is 3.74. The van der Waals surface area contributed by atoms with Gasteiger partial charge < -0.3 is 5.11 Å². The van der Waals surface area contributed by atoms with Crippen LogP contribution in [0.2, 0.25) is 0 Å². The van der Waals surface area contributed by atoms with Crippen LogP contribution >= 0.6 is 0 Å². The van der Waals surface area contributed by atoms with E-state index in [4.69, 9.17) is 5.11 Å². The predicted molar refractivity (Wildman–Crippen MR) is 58.7 cm³/mol. The maximum atomic E-state index is 8.59. The fourth-order valence-electron chi connectivity index (χ4n) is 1.13. The van der Waals surface area contributed by atoms with Gasteiger partial charge in [-0.05, 0) is 46.5 Å². The van der Waals surface area contributed by atoms with Crippen LogP contribution in [-0.2, 0) is 0 Å². The number of rotatable bonds is 6. The van der Waals surface area contributed by atoms with Crippen molar-refractivity contribution in [1.82, 2.24) is 0 Å². The summed E-state index contributed by atoms with van der Waals surface area (Å²) in [5.74, 6) is 0. The molecule has 0 aliphatic rings. The van der Waals surface area contributed by atoms with Gasteiger partial charge in [0.15, 0.2) is 0 Å². The highest BCUT2D eigenvalue weighted by atomic mass is 16.2. The Labute approximate surface area is 82.2 Å². The average molecular weight is 182 g/mol. The molecule has 1 nitrogen and oxygen atoms in total. The molecule has 0 saturated heterocycles. The Bertz CT molecular complexity index is 174. The maximum Gasteiger partial charge on any atom is 0.0433 e. The van der Waals surface area contributed by atoms with E-state index < -0.39 is 0 Å². The van der Waals surface area contributed by atoms with Gasteiger partial charge in [-0.3, -0.25) is 0 Å². The van der Waals surface area contributed by atoms with Gasteiger partial charge in [-0.15, -0.1) is 0 Å². The predicted octanol–water partition coefficient (Wildman–Crippen LogP) is 3.45. The smallest absolute Gasteiger partial charge is 0.0433 e. The first-order valence-electron chi connectivity index (χ1n) is 5.06. The molecule has 0 aliphatic carbocycles. The first-order chi connectivity index (χ1) is 6.16. The summed E-state index contributed by atoms with van der Waals surface area (Å²) in [6, 6.07) is 0. The zero-order valence-corrected chi connectivity index (χ0v) is 9.14. The van der Waals surface area contributed by atoms with E-state index in [1.807, 2.05) is 0 Å². The van der Waals surface area contributed by atoms with Crippen molar-refractivity contribution in [1.29, 1.82) is 0 Å². The van der Waals surface area contributed by atoms with E-state index in [1.165, 1.54) is 11.1 Å². The molecule has 0 rings (SSSR count). The van der Waals surface area contributed by atoms with Gasteiger partial charge in [0.25, 0.3) is 0 Å². The van der Waals surface area contributed by atoms with Gasteiger partial charge in [-0.1, -0.05) is 23.3 Å². The van der Waals surface area contributed by atoms with Gasteiger partial charge in [0.05, 0.1) is 0 Å². The molecular formula is C12H22O. The Morgan fingerprint density at radius 2 is 1.77 bits per heavy atom. The van der Waals surface area contributed by atoms with Crippen LogP contribution in [0.1, 0.15) is 46.5 Å². The lowest BCUT2D eigenvalue weighted by atomic mass is 10.1. The van der Waals surface area contributed by atoms with Gasteiger partial charge >= 0.3 is 0 Å². The summed E-state index contributed by atoms with van der Waals surface area (Å²) >= 11 is 0. The lowest BCUT2D eigenvalue weighted by Crippen LogP contribution is -1.82. The van der Waals surface area contributed by atoms with Crippen LogP contribution in [0.5, 0.6) is 0 Å². The molecular weight excluding hydrogens is 160 g/mol. The molecule has 0 radical (unpaired) electrons. The summed E-state index contributed by atoms with van der Waals surface area (Å²) < 4.78 is 0. The van der Waals surface area contributed by atoms with Crippen molar-refractivity contribution in [2.24, 2.45) is 0 Å². The van der Waals surface area contributed by atoms with Crippen molar-refractivity contribution in [3.63, 3.8) is 0 Å². The first kappa shape index (κ1) is 12.4. The number of hydrogen-bond donors (Lipinski definition) is 1. The number of aliphatic hydroxyl groups is 1. The van der Waals surface area contributed by atoms with Crippen LogP contribution in [0, 0.1) is 0 Å². The molecule has 0 aromatic heterocycles. The molecule has 0 unspecified atom stereocenters. The molecule has 13 heavy (non-hydrogen) atoms. The Kier molecular flexibility index (Phi) is 7.71. The summed E-state index contributed by atoms with van der Waals surface area (Å²) in [6.07, 6.45) is 8.69. The molecule has 0 saturated carbocycles. The van der Waals surface area contributed by atoms with Crippen LogP contribution in [0.25, 0.3) is 0 Å². The standard InChI is InChI=1S/C12H22O/c1-11(2)7-6-9-12(3)8-4-5-10-13/h7-8,13H,4-6,9-10H2,1-3H3/b12-8-. The number of aliphatic hydroxyl groups excluding tert-OH is 1. The van der Waals surface area contributed by atoms with E-state index >= 15 is 0 Å². The zero-order chi connectivity index (χ0) is 10.1. The summed E-state index contributed by atoms with van der Waals surface area (Å²) in [5.41, 5.74) is 2.83. The molecule has 1 N–H and O–H groups in total. The largest absolute Gasteiger partial charge is 0.396 e. The molecule has 0 spiro atoms. The second kappa shape index (κ2) is 8.06. The maximum absolute atomic E-state index is 8.59. The first-order valence-corrected chi connectivity index (χ1v) is 5.06. The molecule has 1 heteroatoms. The van der Waals surface area contributed by atoms with E-state index in [2.05, 4.69) is 32.9 Å². The van der Waals surface area contributed by atoms with Crippen molar-refractivity contribution in [3.05, 3.63) is 23.3 Å². The van der Waals surface area contributed by atoms with Crippen molar-refractivity contribution in [3.8, 4) is 0 Å². The Morgan fingerprint density at radius 1 is 1.08 bits per heavy atom. The van der Waals surface area contributed by atoms with Gasteiger partial charge in [0.2, 0.25) is 0 Å². The normalized spacial score (nSPS) is 11.5. The van der Waals surface area contributed by atoms with E-state index in [0.717, 1.165) is 25.7 Å². The summed E-state index contributed by atoms with van der Waals surface area (Å²) in [7, 11) is 0. The minimum absolute atomic E-state index is 0.303. The summed E-state index contributed by atoms with van der Waals surface area (Å²) in [4.78, 5) is 0. The lowest BCUT2D eigenvalue weighted by Gasteiger charge is -1.98. The minimum Gasteiger partial charge on any atom is -0.396 e. The highest BCUT2D eigenvalue weighted by molar-refractivity contribution is 5.01. The van der Waals surface area contributed by atoms with E-state index in [1.54, 1.807) is 0 Å². The van der Waals surface area contributed by atoms with Crippen LogP contribution in [0.3, 0.4) is 0 Å². The average Bonchev–Trinajstić information content (AvgIpc) is 2.04. The molecule has 76 valence electrons. The van der Waals surface area contributed by atoms with Gasteiger partial charge in [-0.2, -0.15) is 0 Å². The van der Waals surface area contributed by atoms with Gasteiger partial charge in [0, 0.05) is 6.61 Å². The highest BCUT2D eigenvalue weighted by Gasteiger charge is 1.88. The summed E-state index contributed by atoms with van der Waals surface area (Å²) in [5, 5.41) is 8.59. The quantitative estimate of drug-likeness (QED) is 0.492. The fourth-order valence-corrected chi connectivity index (χ4v) is 1.13. The summed E-state index contributed by atoms with van der Waals surface area (Å²) in [6.45, 7) is 6.73. The van der Waals surface area contributed by atoms with Crippen LogP contribution in [0.4, 0.5) is 0 Å². The van der Waals surface area contributed by atoms with Crippen LogP contribution in [-0.4, -0.2) is 11.7 Å². The number of hydrogen-bond acceptors (Lipinski definition) is 1. The fraction of sp³-hybridized carbons (Fsp3) is 0.667. The number of unbranched alkanes of at least 4 members (excludes halogenated alkanes) is 1. The molecule has 0 fully saturated rings. The van der Waals surface area contributed by atoms with Crippen molar-refractivity contribution in [2.45, 2.75) is 46.5 Å². The third-order valence-electron chi connectivity index (χ3n) is 1.95. The number of allylic oxidation sites excluding steroid dienone is 4. The van der Waals surface area contributed by atoms with Gasteiger partial charge in [-0.25, -0.2) is 0 Å². The van der Waals surface area contributed by atoms with Crippen LogP contribution in [0.15, 0.2) is 23.3 Å². The van der Waals surface area contributed by atoms with Crippen molar-refractivity contribution >= 4 is 0 Å².